The lowest BCUT2D eigenvalue weighted by atomic mass is 10.0. The summed E-state index contributed by atoms with van der Waals surface area (Å²) in [7, 11) is 1.50. The number of alkyl halides is 3. The standard InChI is InChI=1S/C13H17F3N2O3/c1-3-17-10(8-21-2)6-9-4-5-12(18(19)20)11(7-9)13(14,15)16/h4-5,7,10,17H,3,6,8H2,1-2H3. The summed E-state index contributed by atoms with van der Waals surface area (Å²) in [5, 5.41) is 13.8. The molecule has 1 aromatic carbocycles. The predicted molar refractivity (Wildman–Crippen MR) is 71.1 cm³/mol. The van der Waals surface area contributed by atoms with Crippen LogP contribution in [-0.4, -0.2) is 31.2 Å². The van der Waals surface area contributed by atoms with Crippen LogP contribution in [0.3, 0.4) is 0 Å². The van der Waals surface area contributed by atoms with Crippen molar-refractivity contribution in [3.8, 4) is 0 Å². The van der Waals surface area contributed by atoms with Crippen molar-refractivity contribution in [1.29, 1.82) is 0 Å². The first-order valence-corrected chi connectivity index (χ1v) is 6.36. The van der Waals surface area contributed by atoms with Gasteiger partial charge in [-0.2, -0.15) is 13.2 Å². The van der Waals surface area contributed by atoms with E-state index >= 15 is 0 Å². The Hall–Kier alpha value is -1.67. The van der Waals surface area contributed by atoms with Gasteiger partial charge in [-0.1, -0.05) is 13.0 Å². The molecule has 0 fully saturated rings. The number of benzene rings is 1. The third-order valence-corrected chi connectivity index (χ3v) is 2.91. The van der Waals surface area contributed by atoms with Crippen molar-refractivity contribution in [2.24, 2.45) is 0 Å². The largest absolute Gasteiger partial charge is 0.423 e. The number of likely N-dealkylation sites (N-methyl/N-ethyl adjacent to an activating group) is 1. The van der Waals surface area contributed by atoms with Crippen molar-refractivity contribution < 1.29 is 22.8 Å². The molecule has 118 valence electrons. The Morgan fingerprint density at radius 3 is 2.57 bits per heavy atom. The summed E-state index contributed by atoms with van der Waals surface area (Å²) < 4.78 is 43.6. The molecule has 0 heterocycles. The van der Waals surface area contributed by atoms with Gasteiger partial charge in [0.2, 0.25) is 0 Å². The Bertz CT molecular complexity index is 486. The zero-order chi connectivity index (χ0) is 16.0. The fraction of sp³-hybridized carbons (Fsp3) is 0.538. The Morgan fingerprint density at radius 2 is 2.10 bits per heavy atom. The van der Waals surface area contributed by atoms with E-state index in [9.17, 15) is 23.3 Å². The van der Waals surface area contributed by atoms with Crippen LogP contribution in [0.2, 0.25) is 0 Å². The molecule has 5 nitrogen and oxygen atoms in total. The molecule has 0 saturated carbocycles. The van der Waals surface area contributed by atoms with Crippen LogP contribution in [0.15, 0.2) is 18.2 Å². The third-order valence-electron chi connectivity index (χ3n) is 2.91. The molecule has 0 aliphatic rings. The summed E-state index contributed by atoms with van der Waals surface area (Å²) >= 11 is 0. The number of nitro groups is 1. The summed E-state index contributed by atoms with van der Waals surface area (Å²) in [5.41, 5.74) is -1.79. The Labute approximate surface area is 120 Å². The maximum absolute atomic E-state index is 12.9. The maximum atomic E-state index is 12.9. The van der Waals surface area contributed by atoms with Crippen molar-refractivity contribution in [2.45, 2.75) is 25.6 Å². The van der Waals surface area contributed by atoms with Crippen molar-refractivity contribution in [3.63, 3.8) is 0 Å². The van der Waals surface area contributed by atoms with E-state index < -0.39 is 22.4 Å². The minimum absolute atomic E-state index is 0.150. The van der Waals surface area contributed by atoms with Crippen LogP contribution in [0.1, 0.15) is 18.1 Å². The zero-order valence-electron chi connectivity index (χ0n) is 11.7. The van der Waals surface area contributed by atoms with Gasteiger partial charge in [0.05, 0.1) is 11.5 Å². The second-order valence-corrected chi connectivity index (χ2v) is 4.52. The number of nitrogens with zero attached hydrogens (tertiary/aromatic N) is 1. The zero-order valence-corrected chi connectivity index (χ0v) is 11.7. The number of nitro benzene ring substituents is 1. The molecule has 0 bridgehead atoms. The molecule has 21 heavy (non-hydrogen) atoms. The van der Waals surface area contributed by atoms with Crippen LogP contribution in [0, 0.1) is 10.1 Å². The minimum Gasteiger partial charge on any atom is -0.383 e. The summed E-state index contributed by atoms with van der Waals surface area (Å²) in [5.74, 6) is 0. The maximum Gasteiger partial charge on any atom is 0.423 e. The SMILES string of the molecule is CCNC(COC)Cc1ccc([N+](=O)[O-])c(C(F)(F)F)c1. The highest BCUT2D eigenvalue weighted by Gasteiger charge is 2.38. The Morgan fingerprint density at radius 1 is 1.43 bits per heavy atom. The van der Waals surface area contributed by atoms with Crippen LogP contribution in [0.25, 0.3) is 0 Å². The van der Waals surface area contributed by atoms with Crippen LogP contribution >= 0.6 is 0 Å². The van der Waals surface area contributed by atoms with E-state index in [1.54, 1.807) is 0 Å². The molecule has 0 saturated heterocycles. The summed E-state index contributed by atoms with van der Waals surface area (Å²) in [6.07, 6.45) is -4.46. The highest BCUT2D eigenvalue weighted by molar-refractivity contribution is 5.44. The molecule has 0 aromatic heterocycles. The average Bonchev–Trinajstić information content (AvgIpc) is 2.38. The minimum atomic E-state index is -4.76. The van der Waals surface area contributed by atoms with Crippen LogP contribution < -0.4 is 5.32 Å². The van der Waals surface area contributed by atoms with Gasteiger partial charge in [-0.25, -0.2) is 0 Å². The third kappa shape index (κ3) is 4.98. The Balaban J connectivity index is 3.07. The molecule has 1 N–H and O–H groups in total. The van der Waals surface area contributed by atoms with Gasteiger partial charge in [-0.3, -0.25) is 10.1 Å². The molecule has 0 aliphatic carbocycles. The number of nitrogens with one attached hydrogen (secondary N) is 1. The van der Waals surface area contributed by atoms with Crippen molar-refractivity contribution in [1.82, 2.24) is 5.32 Å². The molecule has 1 rings (SSSR count). The molecule has 1 unspecified atom stereocenters. The van der Waals surface area contributed by atoms with E-state index in [-0.39, 0.29) is 6.04 Å². The molecule has 1 aromatic rings. The summed E-state index contributed by atoms with van der Waals surface area (Å²) in [6.45, 7) is 2.86. The topological polar surface area (TPSA) is 64.4 Å². The van der Waals surface area contributed by atoms with Gasteiger partial charge in [0.1, 0.15) is 5.56 Å². The second kappa shape index (κ2) is 7.37. The highest BCUT2D eigenvalue weighted by Crippen LogP contribution is 2.36. The normalized spacial score (nSPS) is 13.2. The lowest BCUT2D eigenvalue weighted by Crippen LogP contribution is -2.35. The second-order valence-electron chi connectivity index (χ2n) is 4.52. The molecule has 8 heteroatoms. The average molecular weight is 306 g/mol. The van der Waals surface area contributed by atoms with Crippen LogP contribution in [0.5, 0.6) is 0 Å². The number of methoxy groups -OCH3 is 1. The molecule has 0 radical (unpaired) electrons. The number of hydrogen-bond acceptors (Lipinski definition) is 4. The monoisotopic (exact) mass is 306 g/mol. The summed E-state index contributed by atoms with van der Waals surface area (Å²) in [6, 6.07) is 2.92. The fourth-order valence-corrected chi connectivity index (χ4v) is 2.06. The number of halogens is 3. The quantitative estimate of drug-likeness (QED) is 0.621. The number of hydrogen-bond donors (Lipinski definition) is 1. The van der Waals surface area contributed by atoms with Crippen molar-refractivity contribution >= 4 is 5.69 Å². The lowest BCUT2D eigenvalue weighted by molar-refractivity contribution is -0.388. The fourth-order valence-electron chi connectivity index (χ4n) is 2.06. The smallest absolute Gasteiger partial charge is 0.383 e. The van der Waals surface area contributed by atoms with Gasteiger partial charge in [0.15, 0.2) is 0 Å². The first-order chi connectivity index (χ1) is 9.79. The molecular weight excluding hydrogens is 289 g/mol. The van der Waals surface area contributed by atoms with Gasteiger partial charge in [0, 0.05) is 19.2 Å². The molecular formula is C13H17F3N2O3. The highest BCUT2D eigenvalue weighted by atomic mass is 19.4. The van der Waals surface area contributed by atoms with Gasteiger partial charge >= 0.3 is 6.18 Å². The molecule has 0 spiro atoms. The van der Waals surface area contributed by atoms with Crippen molar-refractivity contribution in [3.05, 3.63) is 39.4 Å². The van der Waals surface area contributed by atoms with Crippen LogP contribution in [0.4, 0.5) is 18.9 Å². The van der Waals surface area contributed by atoms with E-state index in [0.717, 1.165) is 12.1 Å². The predicted octanol–water partition coefficient (Wildman–Crippen LogP) is 2.78. The van der Waals surface area contributed by atoms with E-state index in [4.69, 9.17) is 4.74 Å². The Kier molecular flexibility index (Phi) is 6.10. The van der Waals surface area contributed by atoms with Gasteiger partial charge in [-0.05, 0) is 24.6 Å². The van der Waals surface area contributed by atoms with Crippen LogP contribution in [-0.2, 0) is 17.3 Å². The van der Waals surface area contributed by atoms with Gasteiger partial charge in [-0.15, -0.1) is 0 Å². The van der Waals surface area contributed by atoms with E-state index in [0.29, 0.717) is 25.1 Å². The van der Waals surface area contributed by atoms with E-state index in [1.807, 2.05) is 6.92 Å². The molecule has 0 aliphatic heterocycles. The molecule has 0 amide bonds. The lowest BCUT2D eigenvalue weighted by Gasteiger charge is -2.17. The van der Waals surface area contributed by atoms with E-state index in [2.05, 4.69) is 5.32 Å². The molecule has 1 atom stereocenters. The number of ether oxygens (including phenoxy) is 1. The van der Waals surface area contributed by atoms with Gasteiger partial charge in [0.25, 0.3) is 5.69 Å². The van der Waals surface area contributed by atoms with Crippen molar-refractivity contribution in [2.75, 3.05) is 20.3 Å². The summed E-state index contributed by atoms with van der Waals surface area (Å²) in [4.78, 5) is 9.66. The van der Waals surface area contributed by atoms with E-state index in [1.165, 1.54) is 13.2 Å². The first-order valence-electron chi connectivity index (χ1n) is 6.36. The first kappa shape index (κ1) is 17.4. The van der Waals surface area contributed by atoms with Gasteiger partial charge < -0.3 is 10.1 Å². The number of rotatable bonds is 7.